The van der Waals surface area contributed by atoms with E-state index in [1.54, 1.807) is 15.4 Å². The van der Waals surface area contributed by atoms with Crippen molar-refractivity contribution in [3.8, 4) is 0 Å². The molecule has 0 spiro atoms. The highest BCUT2D eigenvalue weighted by Crippen LogP contribution is 2.29. The van der Waals surface area contributed by atoms with Crippen LogP contribution in [0.4, 0.5) is 0 Å². The molecule has 1 saturated heterocycles. The van der Waals surface area contributed by atoms with E-state index >= 15 is 0 Å². The van der Waals surface area contributed by atoms with Crippen LogP contribution in [0.25, 0.3) is 11.0 Å². The third-order valence-electron chi connectivity index (χ3n) is 7.33. The number of piperazine rings is 1. The summed E-state index contributed by atoms with van der Waals surface area (Å²) in [5.74, 6) is 0.664. The van der Waals surface area contributed by atoms with Crippen LogP contribution in [0.1, 0.15) is 50.2 Å². The van der Waals surface area contributed by atoms with Crippen LogP contribution in [0, 0.1) is 6.92 Å². The van der Waals surface area contributed by atoms with Crippen molar-refractivity contribution in [1.82, 2.24) is 29.1 Å². The summed E-state index contributed by atoms with van der Waals surface area (Å²) in [6, 6.07) is 21.2. The summed E-state index contributed by atoms with van der Waals surface area (Å²) in [6.45, 7) is 11.1. The number of hydrogen-bond donors (Lipinski definition) is 0. The lowest BCUT2D eigenvalue weighted by Crippen LogP contribution is -2.50. The highest BCUT2D eigenvalue weighted by Gasteiger charge is 2.28. The van der Waals surface area contributed by atoms with Gasteiger partial charge >= 0.3 is 0 Å². The predicted octanol–water partition coefficient (Wildman–Crippen LogP) is 3.98. The summed E-state index contributed by atoms with van der Waals surface area (Å²) in [5.41, 5.74) is 2.68. The molecule has 8 heteroatoms. The maximum absolute atomic E-state index is 13.2. The number of carbonyl (C=O) groups is 1. The molecule has 0 saturated carbocycles. The summed E-state index contributed by atoms with van der Waals surface area (Å²) in [4.78, 5) is 35.4. The van der Waals surface area contributed by atoms with Crippen molar-refractivity contribution in [3.63, 3.8) is 0 Å². The van der Waals surface area contributed by atoms with Gasteiger partial charge in [-0.3, -0.25) is 19.1 Å². The highest BCUT2D eigenvalue weighted by atomic mass is 16.2. The van der Waals surface area contributed by atoms with Gasteiger partial charge in [-0.15, -0.1) is 0 Å². The van der Waals surface area contributed by atoms with Gasteiger partial charge in [-0.05, 0) is 38.8 Å². The molecule has 4 aromatic rings. The Morgan fingerprint density at radius 3 is 2.05 bits per heavy atom. The highest BCUT2D eigenvalue weighted by molar-refractivity contribution is 5.76. The van der Waals surface area contributed by atoms with E-state index in [-0.39, 0.29) is 29.5 Å². The first-order chi connectivity index (χ1) is 18.2. The van der Waals surface area contributed by atoms with Crippen LogP contribution in [0.5, 0.6) is 0 Å². The Morgan fingerprint density at radius 1 is 0.921 bits per heavy atom. The van der Waals surface area contributed by atoms with Crippen molar-refractivity contribution in [1.29, 1.82) is 0 Å². The van der Waals surface area contributed by atoms with Gasteiger partial charge in [0.2, 0.25) is 5.91 Å². The lowest BCUT2D eigenvalue weighted by Gasteiger charge is -2.40. The molecule has 2 aromatic carbocycles. The molecular formula is C30H36N6O2. The summed E-state index contributed by atoms with van der Waals surface area (Å²) in [7, 11) is 0. The third kappa shape index (κ3) is 5.13. The number of carbonyl (C=O) groups excluding carboxylic acids is 1. The van der Waals surface area contributed by atoms with Crippen molar-refractivity contribution in [2.45, 2.75) is 52.2 Å². The van der Waals surface area contributed by atoms with Crippen LogP contribution >= 0.6 is 0 Å². The van der Waals surface area contributed by atoms with E-state index < -0.39 is 0 Å². The molecule has 5 rings (SSSR count). The SMILES string of the molecule is Cc1nc2c(cnn2C(C)(C)C)c(=O)n1CCC(=O)N1CCN(C(c2ccccc2)c2ccccc2)CC1. The molecular weight excluding hydrogens is 476 g/mol. The van der Waals surface area contributed by atoms with Crippen LogP contribution in [0.15, 0.2) is 71.7 Å². The number of benzene rings is 2. The Labute approximate surface area is 223 Å². The van der Waals surface area contributed by atoms with Crippen molar-refractivity contribution >= 4 is 16.9 Å². The summed E-state index contributed by atoms with van der Waals surface area (Å²) < 4.78 is 3.38. The Bertz CT molecular complexity index is 1420. The van der Waals surface area contributed by atoms with Gasteiger partial charge in [0.1, 0.15) is 11.2 Å². The van der Waals surface area contributed by atoms with E-state index in [1.165, 1.54) is 11.1 Å². The largest absolute Gasteiger partial charge is 0.340 e. The zero-order chi connectivity index (χ0) is 26.9. The van der Waals surface area contributed by atoms with Gasteiger partial charge in [-0.2, -0.15) is 5.10 Å². The second kappa shape index (κ2) is 10.5. The first-order valence-corrected chi connectivity index (χ1v) is 13.3. The molecule has 0 unspecified atom stereocenters. The van der Waals surface area contributed by atoms with Crippen molar-refractivity contribution in [2.24, 2.45) is 0 Å². The predicted molar refractivity (Wildman–Crippen MR) is 149 cm³/mol. The van der Waals surface area contributed by atoms with Gasteiger partial charge in [0.05, 0.1) is 17.8 Å². The normalized spacial score (nSPS) is 14.9. The van der Waals surface area contributed by atoms with Gasteiger partial charge in [-0.1, -0.05) is 60.7 Å². The zero-order valence-electron chi connectivity index (χ0n) is 22.7. The molecule has 0 N–H and O–H groups in total. The summed E-state index contributed by atoms with van der Waals surface area (Å²) in [6.07, 6.45) is 1.85. The molecule has 0 atom stereocenters. The number of aryl methyl sites for hydroxylation is 1. The standard InChI is InChI=1S/C30H36N6O2/c1-22-32-28-25(21-31-36(28)30(2,3)4)29(38)35(22)16-15-26(37)33-17-19-34(20-18-33)27(23-11-7-5-8-12-23)24-13-9-6-10-14-24/h5-14,21,27H,15-20H2,1-4H3. The fourth-order valence-electron chi connectivity index (χ4n) is 5.34. The molecule has 1 aliphatic rings. The van der Waals surface area contributed by atoms with E-state index in [4.69, 9.17) is 0 Å². The second-order valence-corrected chi connectivity index (χ2v) is 11.0. The molecule has 1 aliphatic heterocycles. The topological polar surface area (TPSA) is 76.3 Å². The molecule has 1 fully saturated rings. The monoisotopic (exact) mass is 512 g/mol. The van der Waals surface area contributed by atoms with E-state index in [2.05, 4.69) is 63.5 Å². The van der Waals surface area contributed by atoms with Gasteiger partial charge in [0.25, 0.3) is 5.56 Å². The minimum Gasteiger partial charge on any atom is -0.340 e. The van der Waals surface area contributed by atoms with Crippen molar-refractivity contribution < 1.29 is 4.79 Å². The number of hydrogen-bond acceptors (Lipinski definition) is 5. The van der Waals surface area contributed by atoms with E-state index in [0.717, 1.165) is 13.1 Å². The van der Waals surface area contributed by atoms with Gasteiger partial charge in [0, 0.05) is 39.1 Å². The first kappa shape index (κ1) is 25.9. The number of amides is 1. The van der Waals surface area contributed by atoms with Crippen LogP contribution in [0.2, 0.25) is 0 Å². The van der Waals surface area contributed by atoms with Crippen molar-refractivity contribution in [2.75, 3.05) is 26.2 Å². The molecule has 3 heterocycles. The van der Waals surface area contributed by atoms with E-state index in [9.17, 15) is 9.59 Å². The fraction of sp³-hybridized carbons (Fsp3) is 0.400. The molecule has 38 heavy (non-hydrogen) atoms. The Kier molecular flexibility index (Phi) is 7.17. The molecule has 0 radical (unpaired) electrons. The van der Waals surface area contributed by atoms with Gasteiger partial charge in [-0.25, -0.2) is 9.67 Å². The second-order valence-electron chi connectivity index (χ2n) is 11.0. The fourth-order valence-corrected chi connectivity index (χ4v) is 5.34. The summed E-state index contributed by atoms with van der Waals surface area (Å²) in [5, 5.41) is 4.89. The maximum Gasteiger partial charge on any atom is 0.264 e. The number of nitrogens with zero attached hydrogens (tertiary/aromatic N) is 6. The van der Waals surface area contributed by atoms with Crippen LogP contribution in [-0.2, 0) is 16.9 Å². The number of fused-ring (bicyclic) bond motifs is 1. The van der Waals surface area contributed by atoms with Crippen molar-refractivity contribution in [3.05, 3.63) is 94.2 Å². The lowest BCUT2D eigenvalue weighted by atomic mass is 9.96. The quantitative estimate of drug-likeness (QED) is 0.391. The average Bonchev–Trinajstić information content (AvgIpc) is 3.35. The Hall–Kier alpha value is -3.78. The minimum absolute atomic E-state index is 0.0670. The maximum atomic E-state index is 13.2. The molecule has 0 aliphatic carbocycles. The molecule has 1 amide bonds. The van der Waals surface area contributed by atoms with Gasteiger partial charge < -0.3 is 4.90 Å². The smallest absolute Gasteiger partial charge is 0.264 e. The van der Waals surface area contributed by atoms with E-state index in [0.29, 0.717) is 36.5 Å². The van der Waals surface area contributed by atoms with Gasteiger partial charge in [0.15, 0.2) is 5.65 Å². The number of aromatic nitrogens is 4. The molecule has 198 valence electrons. The van der Waals surface area contributed by atoms with Crippen LogP contribution in [0.3, 0.4) is 0 Å². The van der Waals surface area contributed by atoms with Crippen LogP contribution in [-0.4, -0.2) is 61.2 Å². The number of rotatable bonds is 6. The van der Waals surface area contributed by atoms with Crippen LogP contribution < -0.4 is 5.56 Å². The molecule has 8 nitrogen and oxygen atoms in total. The lowest BCUT2D eigenvalue weighted by molar-refractivity contribution is -0.133. The summed E-state index contributed by atoms with van der Waals surface area (Å²) >= 11 is 0. The zero-order valence-corrected chi connectivity index (χ0v) is 22.7. The molecule has 2 aromatic heterocycles. The average molecular weight is 513 g/mol. The minimum atomic E-state index is -0.280. The first-order valence-electron chi connectivity index (χ1n) is 13.3. The Morgan fingerprint density at radius 2 is 1.50 bits per heavy atom. The van der Waals surface area contributed by atoms with E-state index in [1.807, 2.05) is 44.7 Å². The Balaban J connectivity index is 1.26. The third-order valence-corrected chi connectivity index (χ3v) is 7.33. The molecule has 0 bridgehead atoms.